The van der Waals surface area contributed by atoms with Gasteiger partial charge in [0.1, 0.15) is 0 Å². The molecule has 0 radical (unpaired) electrons. The zero-order valence-corrected chi connectivity index (χ0v) is 43.0. The average molecular weight is 951 g/mol. The smallest absolute Gasteiger partial charge is 0.0618 e. The van der Waals surface area contributed by atoms with Crippen molar-refractivity contribution in [2.24, 2.45) is 0 Å². The molecule has 2 heteroatoms. The quantitative estimate of drug-likeness (QED) is 0.138. The van der Waals surface area contributed by atoms with E-state index in [4.69, 9.17) is 0 Å². The van der Waals surface area contributed by atoms with Gasteiger partial charge in [0.15, 0.2) is 0 Å². The van der Waals surface area contributed by atoms with Crippen LogP contribution < -0.4 is 4.90 Å². The standard InChI is InChI=1S/C72H58N2/c1-71(2,3)54-37-43-66-61(45-54)62-46-55(72(4,5)6)38-44-67(62)73(66)64-41-35-52-34-40-60-65(42-36-53-33-39-59(64)68(52)69(53)60)74(63-28-17-16-25-56(63)51-31-29-48(30-32-51)47-19-10-7-11-20-47)70-57(49-21-12-8-13-22-49)26-18-27-58(70)50-23-14-9-15-24-50/h7-46H,1-6H3. The highest BCUT2D eigenvalue weighted by Gasteiger charge is 2.28. The van der Waals surface area contributed by atoms with E-state index in [1.54, 1.807) is 0 Å². The van der Waals surface area contributed by atoms with Crippen molar-refractivity contribution in [3.05, 3.63) is 254 Å². The number of rotatable bonds is 8. The van der Waals surface area contributed by atoms with Crippen LogP contribution in [0.15, 0.2) is 243 Å². The molecular formula is C72H58N2. The minimum absolute atomic E-state index is 0.0137. The molecule has 0 aliphatic rings. The second-order valence-electron chi connectivity index (χ2n) is 22.1. The highest BCUT2D eigenvalue weighted by molar-refractivity contribution is 6.28. The number of hydrogen-bond donors (Lipinski definition) is 0. The minimum atomic E-state index is 0.0137. The van der Waals surface area contributed by atoms with Crippen LogP contribution in [0.1, 0.15) is 52.7 Å². The number of hydrogen-bond acceptors (Lipinski definition) is 1. The summed E-state index contributed by atoms with van der Waals surface area (Å²) < 4.78 is 2.53. The molecule has 1 aromatic heterocycles. The van der Waals surface area contributed by atoms with Gasteiger partial charge in [-0.05, 0) is 114 Å². The third kappa shape index (κ3) is 7.55. The van der Waals surface area contributed by atoms with E-state index in [0.29, 0.717) is 0 Å². The number of para-hydroxylation sites is 2. The van der Waals surface area contributed by atoms with Gasteiger partial charge >= 0.3 is 0 Å². The first-order valence-electron chi connectivity index (χ1n) is 26.1. The molecule has 12 aromatic carbocycles. The molecular weight excluding hydrogens is 893 g/mol. The van der Waals surface area contributed by atoms with Crippen LogP contribution in [0.3, 0.4) is 0 Å². The Balaban J connectivity index is 1.10. The van der Waals surface area contributed by atoms with Crippen molar-refractivity contribution in [2.75, 3.05) is 4.90 Å². The summed E-state index contributed by atoms with van der Waals surface area (Å²) >= 11 is 0. The summed E-state index contributed by atoms with van der Waals surface area (Å²) in [6, 6.07) is 90.5. The molecule has 0 bridgehead atoms. The molecule has 356 valence electrons. The highest BCUT2D eigenvalue weighted by Crippen LogP contribution is 2.52. The van der Waals surface area contributed by atoms with Crippen molar-refractivity contribution in [2.45, 2.75) is 52.4 Å². The van der Waals surface area contributed by atoms with Crippen molar-refractivity contribution < 1.29 is 0 Å². The molecule has 74 heavy (non-hydrogen) atoms. The Morgan fingerprint density at radius 2 is 0.743 bits per heavy atom. The first kappa shape index (κ1) is 45.2. The number of benzene rings is 12. The van der Waals surface area contributed by atoms with E-state index in [1.165, 1.54) is 82.1 Å². The Hall–Kier alpha value is -8.72. The molecule has 0 aliphatic heterocycles. The molecule has 0 aliphatic carbocycles. The second-order valence-corrected chi connectivity index (χ2v) is 22.1. The maximum atomic E-state index is 2.57. The van der Waals surface area contributed by atoms with Crippen molar-refractivity contribution in [1.29, 1.82) is 0 Å². The largest absolute Gasteiger partial charge is 0.309 e. The number of fused-ring (bicyclic) bond motifs is 3. The van der Waals surface area contributed by atoms with Crippen LogP contribution in [0.25, 0.3) is 104 Å². The Morgan fingerprint density at radius 3 is 1.31 bits per heavy atom. The predicted octanol–water partition coefficient (Wildman–Crippen LogP) is 20.4. The summed E-state index contributed by atoms with van der Waals surface area (Å²) in [6.07, 6.45) is 0. The first-order valence-corrected chi connectivity index (χ1v) is 26.1. The molecule has 0 saturated heterocycles. The van der Waals surface area contributed by atoms with Crippen LogP contribution >= 0.6 is 0 Å². The third-order valence-electron chi connectivity index (χ3n) is 15.5. The Labute approximate surface area is 434 Å². The number of aromatic nitrogens is 1. The van der Waals surface area contributed by atoms with Gasteiger partial charge in [-0.15, -0.1) is 0 Å². The monoisotopic (exact) mass is 950 g/mol. The van der Waals surface area contributed by atoms with E-state index in [9.17, 15) is 0 Å². The molecule has 1 heterocycles. The molecule has 0 unspecified atom stereocenters. The van der Waals surface area contributed by atoms with Crippen LogP contribution in [0.5, 0.6) is 0 Å². The van der Waals surface area contributed by atoms with Crippen LogP contribution in [-0.2, 0) is 10.8 Å². The lowest BCUT2D eigenvalue weighted by molar-refractivity contribution is 0.590. The van der Waals surface area contributed by atoms with Gasteiger partial charge in [-0.3, -0.25) is 0 Å². The van der Waals surface area contributed by atoms with E-state index < -0.39 is 0 Å². The van der Waals surface area contributed by atoms with Crippen molar-refractivity contribution in [1.82, 2.24) is 4.57 Å². The van der Waals surface area contributed by atoms with Gasteiger partial charge in [-0.1, -0.05) is 242 Å². The molecule has 2 nitrogen and oxygen atoms in total. The van der Waals surface area contributed by atoms with Crippen molar-refractivity contribution >= 4 is 71.2 Å². The lowest BCUT2D eigenvalue weighted by Gasteiger charge is -2.33. The fourth-order valence-electron chi connectivity index (χ4n) is 11.6. The summed E-state index contributed by atoms with van der Waals surface area (Å²) in [7, 11) is 0. The fourth-order valence-corrected chi connectivity index (χ4v) is 11.6. The molecule has 0 fully saturated rings. The summed E-state index contributed by atoms with van der Waals surface area (Å²) in [5, 5.41) is 10.00. The SMILES string of the molecule is CC(C)(C)c1ccc2c(c1)c1cc(C(C)(C)C)ccc1n2-c1ccc2ccc3c(N(c4ccccc4-c4ccc(-c5ccccc5)cc4)c4c(-c5ccccc5)cccc4-c4ccccc4)ccc4ccc1c2c43. The summed E-state index contributed by atoms with van der Waals surface area (Å²) in [5.41, 5.74) is 19.0. The molecule has 0 N–H and O–H groups in total. The van der Waals surface area contributed by atoms with Gasteiger partial charge in [0.2, 0.25) is 0 Å². The van der Waals surface area contributed by atoms with Crippen molar-refractivity contribution in [3.63, 3.8) is 0 Å². The summed E-state index contributed by atoms with van der Waals surface area (Å²) in [5.74, 6) is 0. The van der Waals surface area contributed by atoms with Crippen LogP contribution in [-0.4, -0.2) is 4.57 Å². The fraction of sp³-hybridized carbons (Fsp3) is 0.111. The van der Waals surface area contributed by atoms with E-state index in [0.717, 1.165) is 50.4 Å². The van der Waals surface area contributed by atoms with E-state index >= 15 is 0 Å². The topological polar surface area (TPSA) is 8.17 Å². The molecule has 13 aromatic rings. The zero-order chi connectivity index (χ0) is 50.3. The highest BCUT2D eigenvalue weighted by atomic mass is 15.2. The molecule has 0 atom stereocenters. The Kier molecular flexibility index (Phi) is 10.7. The average Bonchev–Trinajstić information content (AvgIpc) is 3.80. The number of anilines is 3. The Bertz CT molecular complexity index is 4100. The van der Waals surface area contributed by atoms with Crippen LogP contribution in [0.4, 0.5) is 17.1 Å². The maximum Gasteiger partial charge on any atom is 0.0618 e. The normalized spacial score (nSPS) is 12.2. The summed E-state index contributed by atoms with van der Waals surface area (Å²) in [4.78, 5) is 2.57. The van der Waals surface area contributed by atoms with Gasteiger partial charge in [0.05, 0.1) is 33.8 Å². The summed E-state index contributed by atoms with van der Waals surface area (Å²) in [6.45, 7) is 13.9. The van der Waals surface area contributed by atoms with Gasteiger partial charge in [0.25, 0.3) is 0 Å². The van der Waals surface area contributed by atoms with E-state index in [1.807, 2.05) is 0 Å². The maximum absolute atomic E-state index is 2.57. The van der Waals surface area contributed by atoms with Crippen LogP contribution in [0.2, 0.25) is 0 Å². The lowest BCUT2D eigenvalue weighted by atomic mass is 9.85. The van der Waals surface area contributed by atoms with Gasteiger partial charge in [0, 0.05) is 38.2 Å². The van der Waals surface area contributed by atoms with Crippen molar-refractivity contribution in [3.8, 4) is 50.2 Å². The molecule has 0 saturated carbocycles. The molecule has 0 amide bonds. The van der Waals surface area contributed by atoms with Gasteiger partial charge < -0.3 is 9.47 Å². The number of nitrogens with zero attached hydrogens (tertiary/aromatic N) is 2. The second kappa shape index (κ2) is 17.5. The van der Waals surface area contributed by atoms with Crippen LogP contribution in [0, 0.1) is 0 Å². The zero-order valence-electron chi connectivity index (χ0n) is 43.0. The minimum Gasteiger partial charge on any atom is -0.309 e. The Morgan fingerprint density at radius 1 is 0.311 bits per heavy atom. The third-order valence-corrected chi connectivity index (χ3v) is 15.5. The molecule has 13 rings (SSSR count). The van der Waals surface area contributed by atoms with E-state index in [-0.39, 0.29) is 10.8 Å². The first-order chi connectivity index (χ1) is 36.0. The lowest BCUT2D eigenvalue weighted by Crippen LogP contribution is -2.14. The van der Waals surface area contributed by atoms with Gasteiger partial charge in [-0.25, -0.2) is 0 Å². The van der Waals surface area contributed by atoms with E-state index in [2.05, 4.69) is 294 Å². The predicted molar refractivity (Wildman–Crippen MR) is 318 cm³/mol. The van der Waals surface area contributed by atoms with Gasteiger partial charge in [-0.2, -0.15) is 0 Å². The molecule has 0 spiro atoms.